The number of hydrogen-bond acceptors (Lipinski definition) is 5. The van der Waals surface area contributed by atoms with Gasteiger partial charge < -0.3 is 18.9 Å². The number of aryl methyl sites for hydroxylation is 2. The minimum absolute atomic E-state index is 0.0205. The number of rotatable bonds is 8. The highest BCUT2D eigenvalue weighted by molar-refractivity contribution is 7.21. The maximum absolute atomic E-state index is 13.4. The normalized spacial score (nSPS) is 11.3. The average molecular weight is 388 g/mol. The molecule has 6 nitrogen and oxygen atoms in total. The first-order valence-corrected chi connectivity index (χ1v) is 9.69. The van der Waals surface area contributed by atoms with Crippen LogP contribution in [0.1, 0.15) is 20.9 Å². The summed E-state index contributed by atoms with van der Waals surface area (Å²) in [6.07, 6.45) is 3.93. The van der Waals surface area contributed by atoms with Crippen LogP contribution in [-0.4, -0.2) is 60.9 Å². The van der Waals surface area contributed by atoms with Crippen molar-refractivity contribution in [3.63, 3.8) is 0 Å². The Morgan fingerprint density at radius 1 is 1.15 bits per heavy atom. The summed E-state index contributed by atoms with van der Waals surface area (Å²) in [6, 6.07) is 5.98. The number of methoxy groups -OCH3 is 2. The minimum atomic E-state index is -0.0205. The van der Waals surface area contributed by atoms with E-state index in [9.17, 15) is 4.79 Å². The van der Waals surface area contributed by atoms with E-state index in [4.69, 9.17) is 9.47 Å². The second-order valence-corrected chi connectivity index (χ2v) is 7.41. The van der Waals surface area contributed by atoms with Crippen molar-refractivity contribution in [3.05, 3.63) is 46.7 Å². The number of fused-ring (bicyclic) bond motifs is 1. The van der Waals surface area contributed by atoms with Crippen LogP contribution in [0.2, 0.25) is 0 Å². The smallest absolute Gasteiger partial charge is 0.266 e. The predicted octanol–water partition coefficient (Wildman–Crippen LogP) is 3.44. The van der Waals surface area contributed by atoms with Crippen molar-refractivity contribution in [2.24, 2.45) is 0 Å². The number of aromatic nitrogens is 2. The first kappa shape index (κ1) is 19.5. The van der Waals surface area contributed by atoms with Crippen LogP contribution in [0.15, 0.2) is 30.6 Å². The summed E-state index contributed by atoms with van der Waals surface area (Å²) in [5.74, 6) is -0.0205. The van der Waals surface area contributed by atoms with Crippen molar-refractivity contribution in [2.45, 2.75) is 13.8 Å². The molecule has 27 heavy (non-hydrogen) atoms. The van der Waals surface area contributed by atoms with Crippen LogP contribution >= 0.6 is 11.3 Å². The molecule has 0 spiro atoms. The molecule has 0 bridgehead atoms. The van der Waals surface area contributed by atoms with Crippen molar-refractivity contribution in [2.75, 3.05) is 40.5 Å². The molecule has 3 rings (SSSR count). The first-order chi connectivity index (χ1) is 13.1. The predicted molar refractivity (Wildman–Crippen MR) is 108 cm³/mol. The molecule has 3 aromatic rings. The van der Waals surface area contributed by atoms with Gasteiger partial charge in [-0.3, -0.25) is 4.79 Å². The van der Waals surface area contributed by atoms with Gasteiger partial charge in [-0.2, -0.15) is 0 Å². The number of nitrogens with zero attached hydrogens (tertiary/aromatic N) is 3. The molecule has 0 aromatic carbocycles. The molecule has 3 aromatic heterocycles. The highest BCUT2D eigenvalue weighted by atomic mass is 32.1. The van der Waals surface area contributed by atoms with Crippen molar-refractivity contribution in [3.8, 4) is 5.69 Å². The average Bonchev–Trinajstić information content (AvgIpc) is 3.28. The summed E-state index contributed by atoms with van der Waals surface area (Å²) in [5, 5.41) is 1.03. The largest absolute Gasteiger partial charge is 0.383 e. The number of hydrogen-bond donors (Lipinski definition) is 0. The molecule has 144 valence electrons. The zero-order chi connectivity index (χ0) is 19.4. The summed E-state index contributed by atoms with van der Waals surface area (Å²) >= 11 is 1.45. The molecule has 0 saturated heterocycles. The van der Waals surface area contributed by atoms with E-state index in [-0.39, 0.29) is 5.91 Å². The van der Waals surface area contributed by atoms with E-state index in [2.05, 4.69) is 18.0 Å². The monoisotopic (exact) mass is 387 g/mol. The molecule has 0 unspecified atom stereocenters. The lowest BCUT2D eigenvalue weighted by Gasteiger charge is -2.22. The fourth-order valence-electron chi connectivity index (χ4n) is 3.16. The highest BCUT2D eigenvalue weighted by Gasteiger charge is 2.25. The van der Waals surface area contributed by atoms with E-state index in [0.29, 0.717) is 31.2 Å². The molecule has 0 saturated carbocycles. The van der Waals surface area contributed by atoms with Gasteiger partial charge >= 0.3 is 0 Å². The summed E-state index contributed by atoms with van der Waals surface area (Å²) in [5.41, 5.74) is 2.97. The van der Waals surface area contributed by atoms with Crippen molar-refractivity contribution in [1.82, 2.24) is 14.5 Å². The van der Waals surface area contributed by atoms with E-state index in [1.54, 1.807) is 19.1 Å². The van der Waals surface area contributed by atoms with E-state index >= 15 is 0 Å². The fraction of sp³-hybridized carbons (Fsp3) is 0.400. The number of thiophene rings is 1. The molecule has 3 heterocycles. The van der Waals surface area contributed by atoms with Crippen molar-refractivity contribution < 1.29 is 14.3 Å². The Kier molecular flexibility index (Phi) is 6.26. The van der Waals surface area contributed by atoms with Crippen LogP contribution in [-0.2, 0) is 9.47 Å². The van der Waals surface area contributed by atoms with Gasteiger partial charge in [0.05, 0.1) is 18.9 Å². The van der Waals surface area contributed by atoms with Crippen LogP contribution in [0.3, 0.4) is 0 Å². The van der Waals surface area contributed by atoms with Gasteiger partial charge in [-0.25, -0.2) is 4.98 Å². The Bertz CT molecular complexity index is 910. The van der Waals surface area contributed by atoms with Crippen molar-refractivity contribution >= 4 is 27.5 Å². The minimum Gasteiger partial charge on any atom is -0.383 e. The molecule has 0 N–H and O–H groups in total. The Morgan fingerprint density at radius 2 is 1.78 bits per heavy atom. The van der Waals surface area contributed by atoms with Gasteiger partial charge in [0.25, 0.3) is 5.91 Å². The Morgan fingerprint density at radius 3 is 2.37 bits per heavy atom. The molecule has 7 heteroatoms. The van der Waals surface area contributed by atoms with Gasteiger partial charge in [-0.15, -0.1) is 11.3 Å². The lowest BCUT2D eigenvalue weighted by Crippen LogP contribution is -2.36. The summed E-state index contributed by atoms with van der Waals surface area (Å²) in [4.78, 5) is 21.5. The molecular weight excluding hydrogens is 362 g/mol. The van der Waals surface area contributed by atoms with Gasteiger partial charge in [-0.05, 0) is 37.6 Å². The van der Waals surface area contributed by atoms with Gasteiger partial charge in [0, 0.05) is 50.8 Å². The maximum atomic E-state index is 13.4. The maximum Gasteiger partial charge on any atom is 0.266 e. The topological polar surface area (TPSA) is 56.6 Å². The standard InChI is InChI=1S/C20H25N3O3S/c1-14-13-15(2)21-19-16(14)17(22-7-5-6-8-22)18(27-19)20(24)23(9-11-25-3)10-12-26-4/h5-8,13H,9-12H2,1-4H3. The third-order valence-electron chi connectivity index (χ3n) is 4.44. The zero-order valence-corrected chi connectivity index (χ0v) is 17.0. The van der Waals surface area contributed by atoms with E-state index in [1.807, 2.05) is 36.0 Å². The quantitative estimate of drug-likeness (QED) is 0.594. The molecule has 0 atom stereocenters. The SMILES string of the molecule is COCCN(CCOC)C(=O)c1sc2nc(C)cc(C)c2c1-n1cccc1. The molecular formula is C20H25N3O3S. The number of amides is 1. The van der Waals surface area contributed by atoms with Crippen LogP contribution in [0.25, 0.3) is 15.9 Å². The highest BCUT2D eigenvalue weighted by Crippen LogP contribution is 2.36. The summed E-state index contributed by atoms with van der Waals surface area (Å²) < 4.78 is 12.4. The molecule has 0 aliphatic rings. The number of ether oxygens (including phenoxy) is 2. The van der Waals surface area contributed by atoms with Gasteiger partial charge in [-0.1, -0.05) is 0 Å². The number of carbonyl (C=O) groups excluding carboxylic acids is 1. The van der Waals surface area contributed by atoms with Crippen LogP contribution in [0.5, 0.6) is 0 Å². The van der Waals surface area contributed by atoms with Crippen molar-refractivity contribution in [1.29, 1.82) is 0 Å². The molecule has 1 amide bonds. The lowest BCUT2D eigenvalue weighted by atomic mass is 10.1. The van der Waals surface area contributed by atoms with E-state index in [0.717, 1.165) is 27.2 Å². The second-order valence-electron chi connectivity index (χ2n) is 6.41. The van der Waals surface area contributed by atoms with Gasteiger partial charge in [0.2, 0.25) is 0 Å². The molecule has 0 fully saturated rings. The van der Waals surface area contributed by atoms with Crippen LogP contribution < -0.4 is 0 Å². The van der Waals surface area contributed by atoms with Gasteiger partial charge in [0.1, 0.15) is 9.71 Å². The number of carbonyl (C=O) groups is 1. The lowest BCUT2D eigenvalue weighted by molar-refractivity contribution is 0.0632. The van der Waals surface area contributed by atoms with E-state index in [1.165, 1.54) is 11.3 Å². The number of pyridine rings is 1. The first-order valence-electron chi connectivity index (χ1n) is 8.88. The molecule has 0 aliphatic carbocycles. The van der Waals surface area contributed by atoms with Gasteiger partial charge in [0.15, 0.2) is 0 Å². The Balaban J connectivity index is 2.13. The Labute approximate surface area is 163 Å². The van der Waals surface area contributed by atoms with Crippen LogP contribution in [0.4, 0.5) is 0 Å². The fourth-order valence-corrected chi connectivity index (χ4v) is 4.42. The Hall–Kier alpha value is -2.22. The summed E-state index contributed by atoms with van der Waals surface area (Å²) in [7, 11) is 3.28. The van der Waals surface area contributed by atoms with E-state index < -0.39 is 0 Å². The zero-order valence-electron chi connectivity index (χ0n) is 16.2. The summed E-state index contributed by atoms with van der Waals surface area (Å²) in [6.45, 7) is 6.04. The third-order valence-corrected chi connectivity index (χ3v) is 5.50. The third kappa shape index (κ3) is 4.05. The van der Waals surface area contributed by atoms with Crippen LogP contribution in [0, 0.1) is 13.8 Å². The second kappa shape index (κ2) is 8.65. The molecule has 0 radical (unpaired) electrons. The molecule has 0 aliphatic heterocycles.